The highest BCUT2D eigenvalue weighted by Crippen LogP contribution is 2.21. The molecule has 0 aromatic heterocycles. The Kier molecular flexibility index (Phi) is 9.05. The standard InChI is InChI=1S/C26H24BBrN4O2/c27-23-14-20(13-22(15-23)26(34)32-9-7-30)19-3-1-2-17(10-19)4-5-18-11-21(16-24(28)12-18)25(33)31-8-6-29/h1-3,10-16H,6-9,29-30H2,(H,31,33)(H,32,34). The normalized spacial score (nSPS) is 10.2. The third kappa shape index (κ3) is 7.06. The number of hydrogen-bond acceptors (Lipinski definition) is 4. The molecular formula is C26H24BBrN4O2. The molecule has 0 bridgehead atoms. The van der Waals surface area contributed by atoms with Gasteiger partial charge in [-0.05, 0) is 47.5 Å². The van der Waals surface area contributed by atoms with Gasteiger partial charge in [0.1, 0.15) is 7.85 Å². The molecule has 170 valence electrons. The molecule has 0 aliphatic carbocycles. The maximum Gasteiger partial charge on any atom is 0.251 e. The Morgan fingerprint density at radius 2 is 1.44 bits per heavy atom. The third-order valence-electron chi connectivity index (χ3n) is 4.78. The van der Waals surface area contributed by atoms with Gasteiger partial charge >= 0.3 is 0 Å². The summed E-state index contributed by atoms with van der Waals surface area (Å²) in [5.41, 5.74) is 15.5. The second kappa shape index (κ2) is 12.2. The highest BCUT2D eigenvalue weighted by molar-refractivity contribution is 9.10. The van der Waals surface area contributed by atoms with E-state index in [1.54, 1.807) is 24.3 Å². The number of nitrogens with two attached hydrogens (primary N) is 2. The van der Waals surface area contributed by atoms with E-state index in [9.17, 15) is 9.59 Å². The van der Waals surface area contributed by atoms with Crippen LogP contribution in [0.3, 0.4) is 0 Å². The highest BCUT2D eigenvalue weighted by atomic mass is 79.9. The van der Waals surface area contributed by atoms with E-state index in [2.05, 4.69) is 38.4 Å². The molecule has 0 fully saturated rings. The molecule has 2 radical (unpaired) electrons. The summed E-state index contributed by atoms with van der Waals surface area (Å²) >= 11 is 3.43. The molecule has 6 N–H and O–H groups in total. The van der Waals surface area contributed by atoms with Crippen LogP contribution >= 0.6 is 15.9 Å². The van der Waals surface area contributed by atoms with Gasteiger partial charge in [0.2, 0.25) is 0 Å². The van der Waals surface area contributed by atoms with Crippen molar-refractivity contribution in [3.63, 3.8) is 0 Å². The van der Waals surface area contributed by atoms with E-state index in [0.29, 0.717) is 48.3 Å². The lowest BCUT2D eigenvalue weighted by Gasteiger charge is -2.09. The van der Waals surface area contributed by atoms with Gasteiger partial charge in [-0.3, -0.25) is 9.59 Å². The zero-order valence-electron chi connectivity index (χ0n) is 18.5. The lowest BCUT2D eigenvalue weighted by molar-refractivity contribution is 0.0946. The molecule has 0 unspecified atom stereocenters. The Labute approximate surface area is 209 Å². The zero-order chi connectivity index (χ0) is 24.5. The lowest BCUT2D eigenvalue weighted by atomic mass is 9.89. The van der Waals surface area contributed by atoms with Gasteiger partial charge in [0.05, 0.1) is 0 Å². The molecule has 2 amide bonds. The highest BCUT2D eigenvalue weighted by Gasteiger charge is 2.09. The van der Waals surface area contributed by atoms with Crippen LogP contribution in [0.1, 0.15) is 31.8 Å². The number of nitrogens with one attached hydrogen (secondary N) is 2. The predicted molar refractivity (Wildman–Crippen MR) is 140 cm³/mol. The molecule has 0 saturated heterocycles. The maximum atomic E-state index is 12.3. The fourth-order valence-corrected chi connectivity index (χ4v) is 3.73. The van der Waals surface area contributed by atoms with E-state index in [0.717, 1.165) is 21.2 Å². The summed E-state index contributed by atoms with van der Waals surface area (Å²) in [5.74, 6) is 5.82. The minimum absolute atomic E-state index is 0.204. The molecule has 3 aromatic carbocycles. The summed E-state index contributed by atoms with van der Waals surface area (Å²) in [6.45, 7) is 1.52. The van der Waals surface area contributed by atoms with Gasteiger partial charge in [0, 0.05) is 52.9 Å². The van der Waals surface area contributed by atoms with Crippen molar-refractivity contribution in [1.29, 1.82) is 0 Å². The summed E-state index contributed by atoms with van der Waals surface area (Å²) in [4.78, 5) is 24.6. The molecule has 0 aliphatic rings. The molecular weight excluding hydrogens is 491 g/mol. The van der Waals surface area contributed by atoms with E-state index >= 15 is 0 Å². The zero-order valence-corrected chi connectivity index (χ0v) is 20.1. The van der Waals surface area contributed by atoms with Crippen LogP contribution in [-0.2, 0) is 0 Å². The summed E-state index contributed by atoms with van der Waals surface area (Å²) in [6.07, 6.45) is 0. The summed E-state index contributed by atoms with van der Waals surface area (Å²) in [7, 11) is 6.04. The van der Waals surface area contributed by atoms with Crippen LogP contribution in [0.5, 0.6) is 0 Å². The van der Waals surface area contributed by atoms with Crippen molar-refractivity contribution in [2.24, 2.45) is 11.5 Å². The van der Waals surface area contributed by atoms with Crippen molar-refractivity contribution in [3.05, 3.63) is 87.4 Å². The van der Waals surface area contributed by atoms with Crippen molar-refractivity contribution in [3.8, 4) is 23.0 Å². The predicted octanol–water partition coefficient (Wildman–Crippen LogP) is 1.69. The van der Waals surface area contributed by atoms with E-state index in [1.807, 2.05) is 36.4 Å². The van der Waals surface area contributed by atoms with Gasteiger partial charge in [-0.25, -0.2) is 0 Å². The first-order valence-electron chi connectivity index (χ1n) is 10.7. The number of carbonyl (C=O) groups is 2. The Hall–Kier alpha value is -3.38. The minimum Gasteiger partial charge on any atom is -0.351 e. The quantitative estimate of drug-likeness (QED) is 0.284. The van der Waals surface area contributed by atoms with Crippen molar-refractivity contribution >= 4 is 41.1 Å². The molecule has 34 heavy (non-hydrogen) atoms. The molecule has 3 aromatic rings. The monoisotopic (exact) mass is 514 g/mol. The van der Waals surface area contributed by atoms with Crippen LogP contribution in [-0.4, -0.2) is 45.8 Å². The van der Waals surface area contributed by atoms with Crippen molar-refractivity contribution in [2.75, 3.05) is 26.2 Å². The first-order valence-corrected chi connectivity index (χ1v) is 11.5. The number of hydrogen-bond donors (Lipinski definition) is 4. The second-order valence-electron chi connectivity index (χ2n) is 7.49. The van der Waals surface area contributed by atoms with Gasteiger partial charge in [-0.1, -0.05) is 57.5 Å². The van der Waals surface area contributed by atoms with Gasteiger partial charge in [-0.2, -0.15) is 0 Å². The van der Waals surface area contributed by atoms with E-state index < -0.39 is 0 Å². The summed E-state index contributed by atoms with van der Waals surface area (Å²) in [5, 5.41) is 5.51. The number of halogens is 1. The van der Waals surface area contributed by atoms with Gasteiger partial charge in [0.25, 0.3) is 11.8 Å². The molecule has 0 spiro atoms. The Morgan fingerprint density at radius 1 is 0.794 bits per heavy atom. The maximum absolute atomic E-state index is 12.3. The topological polar surface area (TPSA) is 110 Å². The van der Waals surface area contributed by atoms with Gasteiger partial charge < -0.3 is 22.1 Å². The second-order valence-corrected chi connectivity index (χ2v) is 8.41. The average molecular weight is 515 g/mol. The first-order chi connectivity index (χ1) is 16.4. The Bertz CT molecular complexity index is 1270. The smallest absolute Gasteiger partial charge is 0.251 e. The number of carbonyl (C=O) groups excluding carboxylic acids is 2. The Morgan fingerprint density at radius 3 is 2.12 bits per heavy atom. The van der Waals surface area contributed by atoms with E-state index in [-0.39, 0.29) is 11.8 Å². The fourth-order valence-electron chi connectivity index (χ4n) is 3.24. The van der Waals surface area contributed by atoms with Crippen molar-refractivity contribution in [1.82, 2.24) is 10.6 Å². The molecule has 0 aliphatic heterocycles. The average Bonchev–Trinajstić information content (AvgIpc) is 2.84. The van der Waals surface area contributed by atoms with Crippen LogP contribution in [0, 0.1) is 11.8 Å². The van der Waals surface area contributed by atoms with Crippen LogP contribution in [0.2, 0.25) is 0 Å². The van der Waals surface area contributed by atoms with E-state index in [1.165, 1.54) is 0 Å². The number of amides is 2. The fraction of sp³-hybridized carbons (Fsp3) is 0.154. The van der Waals surface area contributed by atoms with Crippen molar-refractivity contribution in [2.45, 2.75) is 0 Å². The van der Waals surface area contributed by atoms with Gasteiger partial charge in [0.15, 0.2) is 0 Å². The molecule has 3 rings (SSSR count). The largest absolute Gasteiger partial charge is 0.351 e. The van der Waals surface area contributed by atoms with Gasteiger partial charge in [-0.15, -0.1) is 0 Å². The third-order valence-corrected chi connectivity index (χ3v) is 5.24. The van der Waals surface area contributed by atoms with Crippen molar-refractivity contribution < 1.29 is 9.59 Å². The molecule has 8 heteroatoms. The number of rotatable bonds is 7. The summed E-state index contributed by atoms with van der Waals surface area (Å²) in [6, 6.07) is 18.2. The van der Waals surface area contributed by atoms with E-state index in [4.69, 9.17) is 19.3 Å². The summed E-state index contributed by atoms with van der Waals surface area (Å²) < 4.78 is 0.756. The molecule has 0 atom stereocenters. The Balaban J connectivity index is 1.87. The molecule has 0 heterocycles. The van der Waals surface area contributed by atoms with Crippen LogP contribution in [0.4, 0.5) is 0 Å². The van der Waals surface area contributed by atoms with Crippen LogP contribution in [0.15, 0.2) is 65.1 Å². The molecule has 0 saturated carbocycles. The first kappa shape index (κ1) is 25.3. The lowest BCUT2D eigenvalue weighted by Crippen LogP contribution is -2.29. The molecule has 6 nitrogen and oxygen atoms in total. The van der Waals surface area contributed by atoms with Crippen LogP contribution in [0.25, 0.3) is 11.1 Å². The SMILES string of the molecule is [B]c1cc(C(=O)NCCN)cc(-c2cccc(C#Cc3cc(Br)cc(C(=O)NCCN)c3)c2)c1. The van der Waals surface area contributed by atoms with Crippen LogP contribution < -0.4 is 27.6 Å². The number of benzene rings is 3. The minimum atomic E-state index is -0.226.